The van der Waals surface area contributed by atoms with E-state index in [4.69, 9.17) is 0 Å². The predicted molar refractivity (Wildman–Crippen MR) is 87.2 cm³/mol. The Hall–Kier alpha value is -0.290. The van der Waals surface area contributed by atoms with Gasteiger partial charge in [-0.25, -0.2) is 0 Å². The van der Waals surface area contributed by atoms with Crippen molar-refractivity contribution in [2.45, 2.75) is 39.3 Å². The van der Waals surface area contributed by atoms with Gasteiger partial charge in [0.25, 0.3) is 0 Å². The lowest BCUT2D eigenvalue weighted by atomic mass is 9.86. The third-order valence-electron chi connectivity index (χ3n) is 4.19. The van der Waals surface area contributed by atoms with Crippen LogP contribution in [0.1, 0.15) is 27.2 Å². The molecule has 3 heteroatoms. The third kappa shape index (κ3) is 2.99. The molecule has 1 aliphatic rings. The first-order valence-electron chi connectivity index (χ1n) is 6.89. The molecule has 1 saturated heterocycles. The first-order valence-corrected chi connectivity index (χ1v) is 7.97. The van der Waals surface area contributed by atoms with Crippen LogP contribution < -0.4 is 10.2 Å². The van der Waals surface area contributed by atoms with Gasteiger partial charge in [-0.2, -0.15) is 0 Å². The molecule has 18 heavy (non-hydrogen) atoms. The lowest BCUT2D eigenvalue weighted by Crippen LogP contribution is -2.53. The van der Waals surface area contributed by atoms with Gasteiger partial charge >= 0.3 is 0 Å². The Kier molecular flexibility index (Phi) is 4.90. The minimum absolute atomic E-state index is 0.600. The highest BCUT2D eigenvalue weighted by Gasteiger charge is 2.31. The molecule has 2 nitrogen and oxygen atoms in total. The molecule has 100 valence electrons. The van der Waals surface area contributed by atoms with E-state index >= 15 is 0 Å². The van der Waals surface area contributed by atoms with Crippen LogP contribution in [0.15, 0.2) is 24.3 Å². The van der Waals surface area contributed by atoms with E-state index in [-0.39, 0.29) is 0 Å². The molecule has 3 unspecified atom stereocenters. The van der Waals surface area contributed by atoms with E-state index in [0.29, 0.717) is 18.0 Å². The van der Waals surface area contributed by atoms with Crippen LogP contribution in [0, 0.1) is 9.49 Å². The standard InChI is InChI=1S/C15H23IN2/c1-4-17-15-9-10-18(12(3)11(15)2)14-7-5-13(16)6-8-14/h5-8,11-12,15,17H,4,9-10H2,1-3H3. The summed E-state index contributed by atoms with van der Waals surface area (Å²) in [5.74, 6) is 0.693. The Balaban J connectivity index is 2.10. The van der Waals surface area contributed by atoms with Crippen LogP contribution >= 0.6 is 22.6 Å². The quantitative estimate of drug-likeness (QED) is 0.832. The number of halogens is 1. The number of hydrogen-bond acceptors (Lipinski definition) is 2. The number of piperidine rings is 1. The Bertz CT molecular complexity index is 377. The van der Waals surface area contributed by atoms with Crippen molar-refractivity contribution < 1.29 is 0 Å². The summed E-state index contributed by atoms with van der Waals surface area (Å²) in [5, 5.41) is 3.62. The van der Waals surface area contributed by atoms with Crippen molar-refractivity contribution in [3.63, 3.8) is 0 Å². The minimum Gasteiger partial charge on any atom is -0.368 e. The topological polar surface area (TPSA) is 15.3 Å². The van der Waals surface area contributed by atoms with Crippen LogP contribution in [-0.2, 0) is 0 Å². The van der Waals surface area contributed by atoms with E-state index in [1.807, 2.05) is 0 Å². The van der Waals surface area contributed by atoms with E-state index in [1.165, 1.54) is 15.7 Å². The van der Waals surface area contributed by atoms with Gasteiger partial charge in [-0.3, -0.25) is 0 Å². The molecule has 1 fully saturated rings. The SMILES string of the molecule is CCNC1CCN(c2ccc(I)cc2)C(C)C1C. The summed E-state index contributed by atoms with van der Waals surface area (Å²) in [6, 6.07) is 10.2. The fourth-order valence-corrected chi connectivity index (χ4v) is 3.27. The van der Waals surface area contributed by atoms with Crippen molar-refractivity contribution in [1.29, 1.82) is 0 Å². The van der Waals surface area contributed by atoms with Crippen LogP contribution in [0.3, 0.4) is 0 Å². The lowest BCUT2D eigenvalue weighted by molar-refractivity contribution is 0.274. The smallest absolute Gasteiger partial charge is 0.0369 e. The zero-order valence-electron chi connectivity index (χ0n) is 11.5. The van der Waals surface area contributed by atoms with Crippen LogP contribution in [-0.4, -0.2) is 25.2 Å². The number of anilines is 1. The second-order valence-electron chi connectivity index (χ2n) is 5.22. The Labute approximate surface area is 124 Å². The van der Waals surface area contributed by atoms with Gasteiger partial charge in [0.2, 0.25) is 0 Å². The maximum absolute atomic E-state index is 3.62. The van der Waals surface area contributed by atoms with Gasteiger partial charge in [0, 0.05) is 27.9 Å². The Morgan fingerprint density at radius 3 is 2.56 bits per heavy atom. The number of benzene rings is 1. The average molecular weight is 358 g/mol. The van der Waals surface area contributed by atoms with E-state index in [2.05, 4.69) is 77.8 Å². The van der Waals surface area contributed by atoms with Crippen molar-refractivity contribution in [2.24, 2.45) is 5.92 Å². The average Bonchev–Trinajstić information content (AvgIpc) is 2.37. The summed E-state index contributed by atoms with van der Waals surface area (Å²) in [5.41, 5.74) is 1.37. The molecule has 0 saturated carbocycles. The fourth-order valence-electron chi connectivity index (χ4n) is 2.91. The second-order valence-corrected chi connectivity index (χ2v) is 6.47. The molecule has 0 spiro atoms. The second kappa shape index (κ2) is 6.24. The van der Waals surface area contributed by atoms with E-state index in [9.17, 15) is 0 Å². The molecule has 3 atom stereocenters. The zero-order chi connectivity index (χ0) is 13.1. The Morgan fingerprint density at radius 1 is 1.28 bits per heavy atom. The van der Waals surface area contributed by atoms with Crippen LogP contribution in [0.4, 0.5) is 5.69 Å². The van der Waals surface area contributed by atoms with E-state index in [1.54, 1.807) is 0 Å². The molecular weight excluding hydrogens is 335 g/mol. The maximum atomic E-state index is 3.62. The zero-order valence-corrected chi connectivity index (χ0v) is 13.6. The highest BCUT2D eigenvalue weighted by Crippen LogP contribution is 2.29. The monoisotopic (exact) mass is 358 g/mol. The molecule has 0 amide bonds. The van der Waals surface area contributed by atoms with Crippen LogP contribution in [0.5, 0.6) is 0 Å². The summed E-state index contributed by atoms with van der Waals surface area (Å²) in [6.07, 6.45) is 1.24. The molecule has 0 bridgehead atoms. The van der Waals surface area contributed by atoms with Crippen LogP contribution in [0.2, 0.25) is 0 Å². The molecule has 0 aliphatic carbocycles. The molecule has 1 aromatic carbocycles. The number of nitrogens with zero attached hydrogens (tertiary/aromatic N) is 1. The maximum Gasteiger partial charge on any atom is 0.0369 e. The number of nitrogens with one attached hydrogen (secondary N) is 1. The van der Waals surface area contributed by atoms with Crippen LogP contribution in [0.25, 0.3) is 0 Å². The molecule has 0 aromatic heterocycles. The molecule has 1 heterocycles. The van der Waals surface area contributed by atoms with Crippen molar-refractivity contribution in [3.05, 3.63) is 27.8 Å². The molecule has 2 rings (SSSR count). The summed E-state index contributed by atoms with van der Waals surface area (Å²) in [4.78, 5) is 2.55. The van der Waals surface area contributed by atoms with Gasteiger partial charge < -0.3 is 10.2 Å². The Morgan fingerprint density at radius 2 is 1.94 bits per heavy atom. The summed E-state index contributed by atoms with van der Waals surface area (Å²) in [7, 11) is 0. The highest BCUT2D eigenvalue weighted by molar-refractivity contribution is 14.1. The van der Waals surface area contributed by atoms with Crippen molar-refractivity contribution in [1.82, 2.24) is 5.32 Å². The van der Waals surface area contributed by atoms with Gasteiger partial charge in [0.15, 0.2) is 0 Å². The van der Waals surface area contributed by atoms with Gasteiger partial charge in [0.1, 0.15) is 0 Å². The van der Waals surface area contributed by atoms with Gasteiger partial charge in [0.05, 0.1) is 0 Å². The number of hydrogen-bond donors (Lipinski definition) is 1. The first-order chi connectivity index (χ1) is 8.63. The van der Waals surface area contributed by atoms with Crippen molar-refractivity contribution in [3.8, 4) is 0 Å². The summed E-state index contributed by atoms with van der Waals surface area (Å²) in [6.45, 7) is 9.15. The third-order valence-corrected chi connectivity index (χ3v) is 4.91. The van der Waals surface area contributed by atoms with E-state index in [0.717, 1.165) is 13.1 Å². The highest BCUT2D eigenvalue weighted by atomic mass is 127. The molecular formula is C15H23IN2. The first kappa shape index (κ1) is 14.1. The van der Waals surface area contributed by atoms with Crippen molar-refractivity contribution in [2.75, 3.05) is 18.0 Å². The van der Waals surface area contributed by atoms with Gasteiger partial charge in [-0.15, -0.1) is 0 Å². The minimum atomic E-state index is 0.600. The van der Waals surface area contributed by atoms with Gasteiger partial charge in [-0.1, -0.05) is 13.8 Å². The molecule has 0 radical (unpaired) electrons. The predicted octanol–water partition coefficient (Wildman–Crippen LogP) is 3.50. The lowest BCUT2D eigenvalue weighted by Gasteiger charge is -2.44. The van der Waals surface area contributed by atoms with E-state index < -0.39 is 0 Å². The largest absolute Gasteiger partial charge is 0.368 e. The fraction of sp³-hybridized carbons (Fsp3) is 0.600. The summed E-state index contributed by atoms with van der Waals surface area (Å²) >= 11 is 2.36. The van der Waals surface area contributed by atoms with Gasteiger partial charge in [-0.05, 0) is 72.7 Å². The normalized spacial score (nSPS) is 28.4. The summed E-state index contributed by atoms with van der Waals surface area (Å²) < 4.78 is 1.31. The number of rotatable bonds is 3. The molecule has 1 N–H and O–H groups in total. The van der Waals surface area contributed by atoms with Crippen molar-refractivity contribution >= 4 is 28.3 Å². The molecule has 1 aliphatic heterocycles. The molecule has 1 aromatic rings.